The molecule has 1 heterocycles. The van der Waals surface area contributed by atoms with E-state index in [2.05, 4.69) is 31.7 Å². The van der Waals surface area contributed by atoms with E-state index in [1.54, 1.807) is 6.07 Å². The molecule has 4 N–H and O–H groups in total. The summed E-state index contributed by atoms with van der Waals surface area (Å²) in [6.45, 7) is 0. The Balaban J connectivity index is 2.34. The molecule has 20 heavy (non-hydrogen) atoms. The van der Waals surface area contributed by atoms with Gasteiger partial charge in [0, 0.05) is 5.69 Å². The molecular formula is C11H9BrFN5O2. The van der Waals surface area contributed by atoms with Crippen molar-refractivity contribution in [3.8, 4) is 0 Å². The molecule has 0 fully saturated rings. The quantitative estimate of drug-likeness (QED) is 0.448. The van der Waals surface area contributed by atoms with Crippen molar-refractivity contribution >= 4 is 38.9 Å². The van der Waals surface area contributed by atoms with Crippen LogP contribution in [0, 0.1) is 15.9 Å². The average molecular weight is 342 g/mol. The van der Waals surface area contributed by atoms with Crippen molar-refractivity contribution in [2.24, 2.45) is 5.84 Å². The fraction of sp³-hybridized carbons (Fsp3) is 0. The Morgan fingerprint density at radius 3 is 2.60 bits per heavy atom. The van der Waals surface area contributed by atoms with E-state index < -0.39 is 10.7 Å². The predicted molar refractivity (Wildman–Crippen MR) is 76.1 cm³/mol. The number of rotatable bonds is 4. The first-order chi connectivity index (χ1) is 9.49. The van der Waals surface area contributed by atoms with Crippen LogP contribution >= 0.6 is 15.9 Å². The zero-order chi connectivity index (χ0) is 14.7. The largest absolute Gasteiger partial charge is 0.340 e. The molecule has 0 radical (unpaired) electrons. The van der Waals surface area contributed by atoms with Gasteiger partial charge < -0.3 is 10.7 Å². The molecule has 2 rings (SSSR count). The van der Waals surface area contributed by atoms with Crippen LogP contribution in [0.25, 0.3) is 0 Å². The normalized spacial score (nSPS) is 10.2. The molecule has 0 aliphatic carbocycles. The van der Waals surface area contributed by atoms with Gasteiger partial charge in [0.1, 0.15) is 17.5 Å². The number of aromatic nitrogens is 1. The van der Waals surface area contributed by atoms with Gasteiger partial charge in [-0.3, -0.25) is 10.1 Å². The molecule has 0 spiro atoms. The molecule has 0 bridgehead atoms. The van der Waals surface area contributed by atoms with Crippen LogP contribution in [0.4, 0.5) is 27.4 Å². The van der Waals surface area contributed by atoms with Crippen LogP contribution in [0.15, 0.2) is 34.8 Å². The van der Waals surface area contributed by atoms with E-state index in [1.807, 2.05) is 0 Å². The Morgan fingerprint density at radius 1 is 1.30 bits per heavy atom. The van der Waals surface area contributed by atoms with Gasteiger partial charge in [-0.1, -0.05) is 0 Å². The number of halogens is 2. The Kier molecular flexibility index (Phi) is 4.11. The number of benzene rings is 1. The Morgan fingerprint density at radius 2 is 2.00 bits per heavy atom. The van der Waals surface area contributed by atoms with Gasteiger partial charge in [-0.2, -0.15) is 0 Å². The number of hydrogen-bond acceptors (Lipinski definition) is 6. The molecule has 104 valence electrons. The summed E-state index contributed by atoms with van der Waals surface area (Å²) in [6, 6.07) is 6.76. The number of nitrogen functional groups attached to an aromatic ring is 1. The molecule has 0 saturated carbocycles. The molecule has 0 unspecified atom stereocenters. The van der Waals surface area contributed by atoms with Crippen molar-refractivity contribution < 1.29 is 9.31 Å². The first-order valence-corrected chi connectivity index (χ1v) is 6.14. The topological polar surface area (TPSA) is 106 Å². The molecule has 2 aromatic rings. The summed E-state index contributed by atoms with van der Waals surface area (Å²) in [7, 11) is 0. The SMILES string of the molecule is NNc1cc([N+](=O)[O-])cc(Nc2ccc(Br)c(F)c2)n1. The molecule has 9 heteroatoms. The second-order valence-electron chi connectivity index (χ2n) is 3.75. The van der Waals surface area contributed by atoms with E-state index in [0.29, 0.717) is 10.2 Å². The van der Waals surface area contributed by atoms with Gasteiger partial charge in [-0.25, -0.2) is 15.2 Å². The molecule has 1 aromatic heterocycles. The van der Waals surface area contributed by atoms with Crippen LogP contribution in [-0.4, -0.2) is 9.91 Å². The third-order valence-electron chi connectivity index (χ3n) is 2.36. The fourth-order valence-corrected chi connectivity index (χ4v) is 1.73. The van der Waals surface area contributed by atoms with Gasteiger partial charge in [0.2, 0.25) is 0 Å². The predicted octanol–water partition coefficient (Wildman–Crippen LogP) is 2.92. The standard InChI is InChI=1S/C11H9BrFN5O2/c12-8-2-1-6(3-9(8)13)15-10-4-7(18(19)20)5-11(16-10)17-14/h1-5H,14H2,(H2,15,16,17). The lowest BCUT2D eigenvalue weighted by Crippen LogP contribution is -2.10. The summed E-state index contributed by atoms with van der Waals surface area (Å²) in [5.74, 6) is 5.03. The van der Waals surface area contributed by atoms with Crippen molar-refractivity contribution in [2.45, 2.75) is 0 Å². The van der Waals surface area contributed by atoms with Crippen molar-refractivity contribution in [1.29, 1.82) is 0 Å². The summed E-state index contributed by atoms with van der Waals surface area (Å²) in [4.78, 5) is 14.2. The van der Waals surface area contributed by atoms with Crippen molar-refractivity contribution in [3.63, 3.8) is 0 Å². The van der Waals surface area contributed by atoms with Gasteiger partial charge in [-0.05, 0) is 34.1 Å². The van der Waals surface area contributed by atoms with Crippen LogP contribution in [0.5, 0.6) is 0 Å². The molecule has 0 saturated heterocycles. The summed E-state index contributed by atoms with van der Waals surface area (Å²) in [5, 5.41) is 13.6. The highest BCUT2D eigenvalue weighted by atomic mass is 79.9. The molecule has 0 atom stereocenters. The zero-order valence-corrected chi connectivity index (χ0v) is 11.5. The van der Waals surface area contributed by atoms with E-state index in [-0.39, 0.29) is 17.3 Å². The van der Waals surface area contributed by atoms with Crippen LogP contribution in [0.2, 0.25) is 0 Å². The monoisotopic (exact) mass is 341 g/mol. The summed E-state index contributed by atoms with van der Waals surface area (Å²) < 4.78 is 13.7. The molecule has 7 nitrogen and oxygen atoms in total. The average Bonchev–Trinajstić information content (AvgIpc) is 2.42. The summed E-state index contributed by atoms with van der Waals surface area (Å²) in [6.07, 6.45) is 0. The van der Waals surface area contributed by atoms with E-state index in [1.165, 1.54) is 24.3 Å². The van der Waals surface area contributed by atoms with Crippen LogP contribution in [0.3, 0.4) is 0 Å². The van der Waals surface area contributed by atoms with Gasteiger partial charge >= 0.3 is 0 Å². The Bertz CT molecular complexity index is 667. The third kappa shape index (κ3) is 3.19. The number of nitrogens with one attached hydrogen (secondary N) is 2. The summed E-state index contributed by atoms with van der Waals surface area (Å²) in [5.41, 5.74) is 2.45. The Labute approximate surface area is 121 Å². The van der Waals surface area contributed by atoms with Gasteiger partial charge in [-0.15, -0.1) is 0 Å². The molecule has 1 aromatic carbocycles. The lowest BCUT2D eigenvalue weighted by Gasteiger charge is -2.08. The zero-order valence-electron chi connectivity index (χ0n) is 9.93. The Hall–Kier alpha value is -2.26. The number of hydrazine groups is 1. The highest BCUT2D eigenvalue weighted by Crippen LogP contribution is 2.25. The first-order valence-electron chi connectivity index (χ1n) is 5.35. The van der Waals surface area contributed by atoms with Crippen molar-refractivity contribution in [2.75, 3.05) is 10.7 Å². The number of anilines is 3. The van der Waals surface area contributed by atoms with E-state index in [0.717, 1.165) is 0 Å². The highest BCUT2D eigenvalue weighted by Gasteiger charge is 2.11. The van der Waals surface area contributed by atoms with E-state index in [4.69, 9.17) is 5.84 Å². The second kappa shape index (κ2) is 5.80. The maximum Gasteiger partial charge on any atom is 0.276 e. The van der Waals surface area contributed by atoms with Crippen LogP contribution in [0.1, 0.15) is 0 Å². The molecule has 0 aliphatic rings. The molecule has 0 aliphatic heterocycles. The number of nitrogens with zero attached hydrogens (tertiary/aromatic N) is 2. The molecule has 0 amide bonds. The summed E-state index contributed by atoms with van der Waals surface area (Å²) >= 11 is 3.03. The number of hydrogen-bond donors (Lipinski definition) is 3. The highest BCUT2D eigenvalue weighted by molar-refractivity contribution is 9.10. The minimum atomic E-state index is -0.574. The van der Waals surface area contributed by atoms with Gasteiger partial charge in [0.15, 0.2) is 0 Å². The van der Waals surface area contributed by atoms with Crippen molar-refractivity contribution in [3.05, 3.63) is 50.7 Å². The van der Waals surface area contributed by atoms with Crippen LogP contribution in [-0.2, 0) is 0 Å². The van der Waals surface area contributed by atoms with Crippen LogP contribution < -0.4 is 16.6 Å². The fourth-order valence-electron chi connectivity index (χ4n) is 1.48. The first kappa shape index (κ1) is 14.2. The third-order valence-corrected chi connectivity index (χ3v) is 3.00. The van der Waals surface area contributed by atoms with E-state index >= 15 is 0 Å². The minimum Gasteiger partial charge on any atom is -0.340 e. The lowest BCUT2D eigenvalue weighted by atomic mass is 10.3. The number of pyridine rings is 1. The maximum atomic E-state index is 13.4. The molecular weight excluding hydrogens is 333 g/mol. The minimum absolute atomic E-state index is 0.124. The maximum absolute atomic E-state index is 13.4. The van der Waals surface area contributed by atoms with E-state index in [9.17, 15) is 14.5 Å². The second-order valence-corrected chi connectivity index (χ2v) is 4.61. The number of nitrogens with two attached hydrogens (primary N) is 1. The smallest absolute Gasteiger partial charge is 0.276 e. The number of nitro groups is 1. The van der Waals surface area contributed by atoms with Crippen molar-refractivity contribution in [1.82, 2.24) is 4.98 Å². The van der Waals surface area contributed by atoms with Gasteiger partial charge in [0.25, 0.3) is 5.69 Å². The lowest BCUT2D eigenvalue weighted by molar-refractivity contribution is -0.384. The van der Waals surface area contributed by atoms with Gasteiger partial charge in [0.05, 0.1) is 21.5 Å².